The van der Waals surface area contributed by atoms with Crippen molar-refractivity contribution in [2.45, 2.75) is 32.1 Å². The fourth-order valence-corrected chi connectivity index (χ4v) is 5.76. The van der Waals surface area contributed by atoms with Gasteiger partial charge in [-0.15, -0.1) is 11.3 Å². The monoisotopic (exact) mass is 390 g/mol. The molecule has 1 atom stereocenters. The summed E-state index contributed by atoms with van der Waals surface area (Å²) in [6.07, 6.45) is 4.41. The number of hydrogen-bond donors (Lipinski definition) is 0. The molecule has 0 N–H and O–H groups in total. The van der Waals surface area contributed by atoms with E-state index in [1.54, 1.807) is 15.6 Å². The smallest absolute Gasteiger partial charge is 0.214 e. The zero-order valence-corrected chi connectivity index (χ0v) is 16.3. The average Bonchev–Trinajstić information content (AvgIpc) is 3.31. The third-order valence-corrected chi connectivity index (χ3v) is 7.72. The van der Waals surface area contributed by atoms with Gasteiger partial charge in [0.1, 0.15) is 0 Å². The Morgan fingerprint density at radius 3 is 2.96 bits per heavy atom. The van der Waals surface area contributed by atoms with Gasteiger partial charge in [-0.25, -0.2) is 22.2 Å². The number of nitrogens with zero attached hydrogens (tertiary/aromatic N) is 4. The zero-order valence-electron chi connectivity index (χ0n) is 14.7. The van der Waals surface area contributed by atoms with Crippen LogP contribution in [0, 0.1) is 0 Å². The highest BCUT2D eigenvalue weighted by atomic mass is 32.2. The molecule has 8 heteroatoms. The Labute approximate surface area is 157 Å². The minimum Gasteiger partial charge on any atom is -0.220 e. The maximum atomic E-state index is 12.4. The lowest BCUT2D eigenvalue weighted by Crippen LogP contribution is -2.40. The lowest BCUT2D eigenvalue weighted by molar-refractivity contribution is 0.309. The first-order valence-corrected chi connectivity index (χ1v) is 11.4. The van der Waals surface area contributed by atoms with Gasteiger partial charge in [0.2, 0.25) is 10.0 Å². The molecule has 3 aromatic rings. The van der Waals surface area contributed by atoms with Gasteiger partial charge in [-0.3, -0.25) is 0 Å². The maximum absolute atomic E-state index is 12.4. The van der Waals surface area contributed by atoms with Gasteiger partial charge >= 0.3 is 0 Å². The van der Waals surface area contributed by atoms with Crippen LogP contribution in [-0.2, 0) is 10.0 Å². The van der Waals surface area contributed by atoms with Crippen LogP contribution in [0.5, 0.6) is 0 Å². The number of piperidine rings is 1. The summed E-state index contributed by atoms with van der Waals surface area (Å²) in [6.45, 7) is 2.99. The lowest BCUT2D eigenvalue weighted by Gasteiger charge is -2.30. The van der Waals surface area contributed by atoms with E-state index in [1.165, 1.54) is 4.88 Å². The summed E-state index contributed by atoms with van der Waals surface area (Å²) < 4.78 is 28.2. The summed E-state index contributed by atoms with van der Waals surface area (Å²) in [5, 5.41) is 6.71. The second-order valence-electron chi connectivity index (χ2n) is 6.68. The van der Waals surface area contributed by atoms with E-state index in [1.807, 2.05) is 29.8 Å². The van der Waals surface area contributed by atoms with Crippen molar-refractivity contribution in [3.05, 3.63) is 41.7 Å². The number of pyridine rings is 1. The number of thiophene rings is 1. The molecule has 6 nitrogen and oxygen atoms in total. The third-order valence-electron chi connectivity index (χ3n) is 4.76. The Kier molecular flexibility index (Phi) is 4.81. The molecule has 0 unspecified atom stereocenters. The largest absolute Gasteiger partial charge is 0.220 e. The molecule has 0 radical (unpaired) electrons. The standard InChI is InChI=1S/C18H22N4O2S2/c1-2-11-26(23,24)21-9-3-5-15(12-21)18-19-17-8-7-14(13-22(17)20-18)16-6-4-10-25-16/h4,6-8,10,13,15H,2-3,5,9,11-12H2,1H3/t15-/m0/s1. The molecule has 1 fully saturated rings. The molecule has 0 saturated carbocycles. The Bertz CT molecular complexity index is 996. The van der Waals surface area contributed by atoms with Crippen LogP contribution in [0.15, 0.2) is 35.8 Å². The average molecular weight is 391 g/mol. The first kappa shape index (κ1) is 17.6. The van der Waals surface area contributed by atoms with Gasteiger partial charge < -0.3 is 0 Å². The molecular formula is C18H22N4O2S2. The number of aromatic nitrogens is 3. The van der Waals surface area contributed by atoms with E-state index in [4.69, 9.17) is 0 Å². The van der Waals surface area contributed by atoms with Crippen molar-refractivity contribution in [1.29, 1.82) is 0 Å². The topological polar surface area (TPSA) is 67.6 Å². The van der Waals surface area contributed by atoms with Gasteiger partial charge in [0.05, 0.1) is 5.75 Å². The predicted octanol–water partition coefficient (Wildman–Crippen LogP) is 3.38. The Morgan fingerprint density at radius 2 is 2.19 bits per heavy atom. The Hall–Kier alpha value is -1.77. The summed E-state index contributed by atoms with van der Waals surface area (Å²) in [5.74, 6) is 1.01. The molecule has 3 aromatic heterocycles. The van der Waals surface area contributed by atoms with Gasteiger partial charge in [0, 0.05) is 35.6 Å². The van der Waals surface area contributed by atoms with Crippen molar-refractivity contribution >= 4 is 27.0 Å². The first-order chi connectivity index (χ1) is 12.6. The summed E-state index contributed by atoms with van der Waals surface area (Å²) in [5.41, 5.74) is 1.91. The number of hydrogen-bond acceptors (Lipinski definition) is 5. The first-order valence-electron chi connectivity index (χ1n) is 8.95. The minimum atomic E-state index is -3.17. The van der Waals surface area contributed by atoms with Crippen molar-refractivity contribution in [3.63, 3.8) is 0 Å². The van der Waals surface area contributed by atoms with Crippen LogP contribution >= 0.6 is 11.3 Å². The molecule has 0 aromatic carbocycles. The molecule has 4 rings (SSSR count). The third kappa shape index (κ3) is 3.41. The van der Waals surface area contributed by atoms with E-state index in [0.717, 1.165) is 29.9 Å². The molecule has 0 spiro atoms. The summed E-state index contributed by atoms with van der Waals surface area (Å²) in [7, 11) is -3.17. The normalized spacial score (nSPS) is 19.2. The van der Waals surface area contributed by atoms with Crippen molar-refractivity contribution in [1.82, 2.24) is 18.9 Å². The molecule has 0 bridgehead atoms. The van der Waals surface area contributed by atoms with Crippen LogP contribution in [0.1, 0.15) is 37.9 Å². The minimum absolute atomic E-state index is 0.0560. The lowest BCUT2D eigenvalue weighted by atomic mass is 9.99. The van der Waals surface area contributed by atoms with Crippen LogP contribution < -0.4 is 0 Å². The molecule has 0 aliphatic carbocycles. The fraction of sp³-hybridized carbons (Fsp3) is 0.444. The highest BCUT2D eigenvalue weighted by molar-refractivity contribution is 7.89. The van der Waals surface area contributed by atoms with E-state index in [2.05, 4.69) is 27.6 Å². The molecule has 138 valence electrons. The second-order valence-corrected chi connectivity index (χ2v) is 9.72. The molecular weight excluding hydrogens is 368 g/mol. The highest BCUT2D eigenvalue weighted by Crippen LogP contribution is 2.28. The van der Waals surface area contributed by atoms with Crippen LogP contribution in [0.4, 0.5) is 0 Å². The van der Waals surface area contributed by atoms with Crippen LogP contribution in [0.3, 0.4) is 0 Å². The van der Waals surface area contributed by atoms with Gasteiger partial charge in [-0.05, 0) is 42.8 Å². The van der Waals surface area contributed by atoms with E-state index in [-0.39, 0.29) is 11.7 Å². The van der Waals surface area contributed by atoms with Gasteiger partial charge in [0.25, 0.3) is 0 Å². The van der Waals surface area contributed by atoms with Crippen molar-refractivity contribution in [3.8, 4) is 10.4 Å². The van der Waals surface area contributed by atoms with Crippen LogP contribution in [0.2, 0.25) is 0 Å². The Morgan fingerprint density at radius 1 is 1.31 bits per heavy atom. The Balaban J connectivity index is 1.60. The quantitative estimate of drug-likeness (QED) is 0.670. The van der Waals surface area contributed by atoms with E-state index >= 15 is 0 Å². The zero-order chi connectivity index (χ0) is 18.1. The summed E-state index contributed by atoms with van der Waals surface area (Å²) in [4.78, 5) is 5.85. The van der Waals surface area contributed by atoms with E-state index in [0.29, 0.717) is 19.5 Å². The SMILES string of the molecule is CCCS(=O)(=O)N1CCC[C@H](c2nc3ccc(-c4cccs4)cn3n2)C1. The maximum Gasteiger partial charge on any atom is 0.214 e. The fourth-order valence-electron chi connectivity index (χ4n) is 3.45. The molecule has 1 aliphatic rings. The number of rotatable bonds is 5. The predicted molar refractivity (Wildman–Crippen MR) is 104 cm³/mol. The summed E-state index contributed by atoms with van der Waals surface area (Å²) >= 11 is 1.69. The second kappa shape index (κ2) is 7.09. The number of fused-ring (bicyclic) bond motifs is 1. The van der Waals surface area contributed by atoms with Crippen LogP contribution in [-0.4, -0.2) is 46.2 Å². The summed E-state index contributed by atoms with van der Waals surface area (Å²) in [6, 6.07) is 8.14. The molecule has 0 amide bonds. The van der Waals surface area contributed by atoms with Gasteiger partial charge in [0.15, 0.2) is 11.5 Å². The van der Waals surface area contributed by atoms with Gasteiger partial charge in [-0.2, -0.15) is 5.10 Å². The number of sulfonamides is 1. The molecule has 1 saturated heterocycles. The highest BCUT2D eigenvalue weighted by Gasteiger charge is 2.31. The molecule has 4 heterocycles. The van der Waals surface area contributed by atoms with Crippen molar-refractivity contribution in [2.24, 2.45) is 0 Å². The van der Waals surface area contributed by atoms with Crippen molar-refractivity contribution < 1.29 is 8.42 Å². The van der Waals surface area contributed by atoms with Crippen molar-refractivity contribution in [2.75, 3.05) is 18.8 Å². The van der Waals surface area contributed by atoms with E-state index in [9.17, 15) is 8.42 Å². The van der Waals surface area contributed by atoms with E-state index < -0.39 is 10.0 Å². The molecule has 1 aliphatic heterocycles. The van der Waals surface area contributed by atoms with Gasteiger partial charge in [-0.1, -0.05) is 13.0 Å². The van der Waals surface area contributed by atoms with Crippen LogP contribution in [0.25, 0.3) is 16.1 Å². The molecule has 26 heavy (non-hydrogen) atoms.